The van der Waals surface area contributed by atoms with Gasteiger partial charge in [-0.3, -0.25) is 14.4 Å². The number of allylic oxidation sites excluding steroid dienone is 2. The number of aliphatic hydroxyl groups excluding tert-OH is 2. The fraction of sp³-hybridized carbons (Fsp3) is 0.650. The maximum atomic E-state index is 13.7. The molecule has 4 aliphatic rings. The van der Waals surface area contributed by atoms with Gasteiger partial charge in [0.05, 0.1) is 31.7 Å². The minimum atomic E-state index is -1.47. The van der Waals surface area contributed by atoms with Gasteiger partial charge in [0.15, 0.2) is 18.3 Å². The van der Waals surface area contributed by atoms with E-state index in [1.165, 1.54) is 6.92 Å². The van der Waals surface area contributed by atoms with Crippen LogP contribution in [-0.4, -0.2) is 95.9 Å². The zero-order valence-corrected chi connectivity index (χ0v) is 31.6. The first-order valence-electron chi connectivity index (χ1n) is 18.6. The molecular formula is C40H56N2O10. The molecule has 0 radical (unpaired) electrons. The fourth-order valence-corrected chi connectivity index (χ4v) is 7.32. The average molecular weight is 725 g/mol. The van der Waals surface area contributed by atoms with Crippen LogP contribution in [0.4, 0.5) is 0 Å². The average Bonchev–Trinajstić information content (AvgIpc) is 3.87. The first kappa shape index (κ1) is 39.5. The minimum absolute atomic E-state index is 0.0667. The zero-order chi connectivity index (χ0) is 37.7. The molecule has 1 aromatic rings. The second-order valence-electron chi connectivity index (χ2n) is 15.7. The van der Waals surface area contributed by atoms with E-state index in [0.29, 0.717) is 49.0 Å². The summed E-state index contributed by atoms with van der Waals surface area (Å²) in [5, 5.41) is 19.7. The Hall–Kier alpha value is -3.74. The number of rotatable bonds is 9. The molecule has 0 aromatic carbocycles. The molecule has 2 fully saturated rings. The molecule has 4 bridgehead atoms. The minimum Gasteiger partial charge on any atom is -0.467 e. The van der Waals surface area contributed by atoms with E-state index in [4.69, 9.17) is 28.7 Å². The van der Waals surface area contributed by atoms with Gasteiger partial charge in [0.1, 0.15) is 23.8 Å². The first-order chi connectivity index (χ1) is 24.7. The number of carbonyl (C=O) groups is 3. The van der Waals surface area contributed by atoms with E-state index in [0.717, 1.165) is 35.3 Å². The Morgan fingerprint density at radius 2 is 1.83 bits per heavy atom. The highest BCUT2D eigenvalue weighted by Crippen LogP contribution is 2.40. The third-order valence-corrected chi connectivity index (χ3v) is 10.4. The molecule has 3 N–H and O–H groups in total. The van der Waals surface area contributed by atoms with Gasteiger partial charge in [-0.2, -0.15) is 0 Å². The van der Waals surface area contributed by atoms with Gasteiger partial charge in [0.25, 0.3) is 0 Å². The molecule has 1 aromatic heterocycles. The Kier molecular flexibility index (Phi) is 12.9. The smallest absolute Gasteiger partial charge is 0.318 e. The van der Waals surface area contributed by atoms with Gasteiger partial charge in [-0.05, 0) is 93.2 Å². The van der Waals surface area contributed by atoms with Gasteiger partial charge in [-0.15, -0.1) is 0 Å². The molecule has 2 saturated heterocycles. The lowest BCUT2D eigenvalue weighted by Gasteiger charge is -2.28. The second kappa shape index (κ2) is 16.9. The molecule has 0 spiro atoms. The van der Waals surface area contributed by atoms with Crippen molar-refractivity contribution in [2.24, 2.45) is 28.2 Å². The van der Waals surface area contributed by atoms with Crippen molar-refractivity contribution in [1.29, 1.82) is 0 Å². The molecule has 4 aliphatic heterocycles. The van der Waals surface area contributed by atoms with E-state index < -0.39 is 60.2 Å². The quantitative estimate of drug-likeness (QED) is 0.181. The number of aliphatic imine (C=N–C) groups is 1. The number of hydrogen-bond donors (Lipinski definition) is 3. The number of ether oxygens (including phenoxy) is 5. The van der Waals surface area contributed by atoms with E-state index in [-0.39, 0.29) is 31.7 Å². The van der Waals surface area contributed by atoms with Gasteiger partial charge in [-0.25, -0.2) is 4.99 Å². The summed E-state index contributed by atoms with van der Waals surface area (Å²) in [6, 6.07) is 3.31. The number of aliphatic hydroxyl groups is 2. The summed E-state index contributed by atoms with van der Waals surface area (Å²) in [6.07, 6.45) is 4.02. The predicted octanol–water partition coefficient (Wildman–Crippen LogP) is 4.92. The number of carbonyl (C=O) groups excluding carboxylic acids is 3. The van der Waals surface area contributed by atoms with Crippen LogP contribution in [0.3, 0.4) is 0 Å². The highest BCUT2D eigenvalue weighted by Gasteiger charge is 2.57. The molecule has 0 amide bonds. The van der Waals surface area contributed by atoms with Crippen LogP contribution in [0.5, 0.6) is 0 Å². The van der Waals surface area contributed by atoms with E-state index in [2.05, 4.69) is 31.8 Å². The number of hydrogen-bond acceptors (Lipinski definition) is 11. The molecule has 286 valence electrons. The molecule has 12 nitrogen and oxygen atoms in total. The Morgan fingerprint density at radius 1 is 1.08 bits per heavy atom. The Bertz CT molecular complexity index is 1600. The molecule has 7 atom stereocenters. The number of esters is 3. The van der Waals surface area contributed by atoms with Gasteiger partial charge in [-0.1, -0.05) is 39.3 Å². The van der Waals surface area contributed by atoms with Crippen LogP contribution in [0, 0.1) is 23.2 Å². The maximum Gasteiger partial charge on any atom is 0.318 e. The molecule has 5 heterocycles. The van der Waals surface area contributed by atoms with Crippen molar-refractivity contribution in [2.45, 2.75) is 117 Å². The third-order valence-electron chi connectivity index (χ3n) is 10.4. The van der Waals surface area contributed by atoms with Crippen LogP contribution >= 0.6 is 0 Å². The topological polar surface area (TPSA) is 166 Å². The molecule has 0 aliphatic carbocycles. The zero-order valence-electron chi connectivity index (χ0n) is 31.6. The van der Waals surface area contributed by atoms with Crippen molar-refractivity contribution in [2.75, 3.05) is 26.4 Å². The molecule has 5 rings (SSSR count). The highest BCUT2D eigenvalue weighted by molar-refractivity contribution is 5.94. The largest absolute Gasteiger partial charge is 0.467 e. The summed E-state index contributed by atoms with van der Waals surface area (Å²) >= 11 is 0. The van der Waals surface area contributed by atoms with Gasteiger partial charge < -0.3 is 38.9 Å². The number of fused-ring (bicyclic) bond motifs is 6. The molecule has 12 heteroatoms. The highest BCUT2D eigenvalue weighted by atomic mass is 16.6. The number of aromatic nitrogens is 1. The van der Waals surface area contributed by atoms with Crippen LogP contribution in [0.25, 0.3) is 0 Å². The van der Waals surface area contributed by atoms with Crippen molar-refractivity contribution < 1.29 is 48.3 Å². The molecule has 0 saturated carbocycles. The molecule has 0 unspecified atom stereocenters. The standard InChI is InChI=1S/C40H56N2O10/c1-22(2)15-26-17-34(45)51-36-35(52-39(47)40(36,7)21-44)25(6)10-11-27-12-13-30(41-27)37-42-31(33(50-37)20-49-38(26)46)18-28-29(24(5)9-8-14-43)19-48-32(28)16-23(3)4/h10,12-13,18,22-23,26,31-33,35-36,41,43-44H,8-9,11,14-17,19-21H2,1-7H3/b25-10+,28-18-,29-24+/t26-,31-,32-,33+,35+,36+,40+/m0/s1. The van der Waals surface area contributed by atoms with Crippen LogP contribution in [0.15, 0.2) is 51.6 Å². The van der Waals surface area contributed by atoms with Gasteiger partial charge in [0.2, 0.25) is 5.90 Å². The third kappa shape index (κ3) is 8.89. The lowest BCUT2D eigenvalue weighted by Crippen LogP contribution is -2.43. The SMILES string of the molecule is C/C(CCCO)=C1/CO[C@@H](CC(C)C)/C1=C\[C@@H]1N=C2O[C@@H]1COC(=O)[C@@H](CC(C)C)CC(=O)O[C@@H]1[C@H](OC(=O)[C@]1(C)CO)/C(C)=C/Cc1ccc2[nH]1. The van der Waals surface area contributed by atoms with Crippen molar-refractivity contribution in [3.8, 4) is 0 Å². The summed E-state index contributed by atoms with van der Waals surface area (Å²) < 4.78 is 30.3. The lowest BCUT2D eigenvalue weighted by molar-refractivity contribution is -0.164. The van der Waals surface area contributed by atoms with Crippen molar-refractivity contribution in [3.63, 3.8) is 0 Å². The second-order valence-corrected chi connectivity index (χ2v) is 15.7. The van der Waals surface area contributed by atoms with Crippen LogP contribution in [0.1, 0.15) is 92.0 Å². The van der Waals surface area contributed by atoms with Crippen LogP contribution in [-0.2, 0) is 44.5 Å². The first-order valence-corrected chi connectivity index (χ1v) is 18.6. The van der Waals surface area contributed by atoms with Crippen LogP contribution in [0.2, 0.25) is 0 Å². The summed E-state index contributed by atoms with van der Waals surface area (Å²) in [5.41, 5.74) is 4.02. The van der Waals surface area contributed by atoms with Crippen molar-refractivity contribution in [1.82, 2.24) is 4.98 Å². The van der Waals surface area contributed by atoms with Gasteiger partial charge in [0, 0.05) is 18.7 Å². The van der Waals surface area contributed by atoms with Crippen molar-refractivity contribution in [3.05, 3.63) is 58.0 Å². The Morgan fingerprint density at radius 3 is 2.52 bits per heavy atom. The number of H-pyrrole nitrogens is 1. The van der Waals surface area contributed by atoms with Gasteiger partial charge >= 0.3 is 17.9 Å². The van der Waals surface area contributed by atoms with E-state index in [9.17, 15) is 24.6 Å². The van der Waals surface area contributed by atoms with E-state index >= 15 is 0 Å². The number of nitrogens with one attached hydrogen (secondary N) is 1. The number of nitrogens with zero attached hydrogens (tertiary/aromatic N) is 1. The van der Waals surface area contributed by atoms with Crippen molar-refractivity contribution >= 4 is 23.8 Å². The van der Waals surface area contributed by atoms with E-state index in [1.807, 2.05) is 32.1 Å². The number of aromatic amines is 1. The van der Waals surface area contributed by atoms with E-state index in [1.54, 1.807) is 6.92 Å². The summed E-state index contributed by atoms with van der Waals surface area (Å²) in [7, 11) is 0. The number of cyclic esters (lactones) is 1. The Labute approximate surface area is 306 Å². The normalized spacial score (nSPS) is 32.8. The predicted molar refractivity (Wildman–Crippen MR) is 193 cm³/mol. The fourth-order valence-electron chi connectivity index (χ4n) is 7.32. The Balaban J connectivity index is 1.53. The van der Waals surface area contributed by atoms with Crippen LogP contribution < -0.4 is 0 Å². The summed E-state index contributed by atoms with van der Waals surface area (Å²) in [6.45, 7) is 13.5. The maximum absolute atomic E-state index is 13.7. The lowest BCUT2D eigenvalue weighted by atomic mass is 9.83. The molecular weight excluding hydrogens is 668 g/mol. The summed E-state index contributed by atoms with van der Waals surface area (Å²) in [5.74, 6) is -1.86. The molecule has 52 heavy (non-hydrogen) atoms. The monoisotopic (exact) mass is 724 g/mol. The summed E-state index contributed by atoms with van der Waals surface area (Å²) in [4.78, 5) is 48.6.